The van der Waals surface area contributed by atoms with E-state index in [4.69, 9.17) is 4.74 Å². The van der Waals surface area contributed by atoms with Gasteiger partial charge in [-0.1, -0.05) is 13.0 Å². The molecule has 1 atom stereocenters. The monoisotopic (exact) mass is 332 g/mol. The number of amides is 4. The number of piperidine rings is 1. The molecule has 0 aromatic heterocycles. The fourth-order valence-corrected chi connectivity index (χ4v) is 2.56. The molecule has 0 saturated carbocycles. The van der Waals surface area contributed by atoms with Crippen LogP contribution in [0.15, 0.2) is 18.2 Å². The van der Waals surface area contributed by atoms with Crippen LogP contribution < -0.4 is 10.1 Å². The number of nitrogens with zero attached hydrogens (tertiary/aromatic N) is 1. The van der Waals surface area contributed by atoms with Gasteiger partial charge in [0.25, 0.3) is 5.91 Å². The third kappa shape index (κ3) is 3.61. The minimum Gasteiger partial charge on any atom is -0.493 e. The van der Waals surface area contributed by atoms with Crippen LogP contribution in [0.1, 0.15) is 42.1 Å². The first kappa shape index (κ1) is 17.7. The predicted molar refractivity (Wildman–Crippen MR) is 85.4 cm³/mol. The van der Waals surface area contributed by atoms with Crippen molar-refractivity contribution in [2.75, 3.05) is 6.61 Å². The number of carbonyl (C=O) groups excluding carboxylic acids is 4. The fraction of sp³-hybridized carbons (Fsp3) is 0.412. The van der Waals surface area contributed by atoms with Crippen LogP contribution >= 0.6 is 0 Å². The number of benzene rings is 1. The number of nitrogens with one attached hydrogen (secondary N) is 1. The summed E-state index contributed by atoms with van der Waals surface area (Å²) in [6.45, 7) is 4.22. The maximum Gasteiger partial charge on any atom is 0.261 e. The largest absolute Gasteiger partial charge is 0.493 e. The summed E-state index contributed by atoms with van der Waals surface area (Å²) in [5, 5.41) is 2.15. The Morgan fingerprint density at radius 1 is 1.42 bits per heavy atom. The molecule has 0 spiro atoms. The highest BCUT2D eigenvalue weighted by Crippen LogP contribution is 2.24. The SMILES string of the molecule is CCCOc1cccc(C(=O)N(C=O)C2CCC(=O)NC2=O)c1C. The maximum absolute atomic E-state index is 12.7. The number of carbonyl (C=O) groups is 4. The molecule has 1 fully saturated rings. The number of ether oxygens (including phenoxy) is 1. The quantitative estimate of drug-likeness (QED) is 0.624. The molecule has 2 rings (SSSR count). The first-order chi connectivity index (χ1) is 11.5. The predicted octanol–water partition coefficient (Wildman–Crippen LogP) is 1.19. The van der Waals surface area contributed by atoms with Gasteiger partial charge in [-0.3, -0.25) is 29.4 Å². The van der Waals surface area contributed by atoms with Gasteiger partial charge >= 0.3 is 0 Å². The molecular formula is C17H20N2O5. The molecule has 1 heterocycles. The Bertz CT molecular complexity index is 671. The van der Waals surface area contributed by atoms with Crippen molar-refractivity contribution in [1.29, 1.82) is 0 Å². The van der Waals surface area contributed by atoms with Gasteiger partial charge in [0.05, 0.1) is 6.61 Å². The third-order valence-corrected chi connectivity index (χ3v) is 3.87. The van der Waals surface area contributed by atoms with Gasteiger partial charge in [0.15, 0.2) is 0 Å². The van der Waals surface area contributed by atoms with Gasteiger partial charge in [0.2, 0.25) is 18.2 Å². The molecule has 128 valence electrons. The highest BCUT2D eigenvalue weighted by Gasteiger charge is 2.35. The molecular weight excluding hydrogens is 312 g/mol. The molecule has 1 aliphatic rings. The van der Waals surface area contributed by atoms with Gasteiger partial charge in [0.1, 0.15) is 11.8 Å². The van der Waals surface area contributed by atoms with E-state index in [0.717, 1.165) is 11.3 Å². The standard InChI is InChI=1S/C17H20N2O5/c1-3-9-24-14-6-4-5-12(11(14)2)17(23)19(10-20)13-7-8-15(21)18-16(13)22/h4-6,10,13H,3,7-9H2,1-2H3,(H,18,21,22). The van der Waals surface area contributed by atoms with Crippen molar-refractivity contribution in [1.82, 2.24) is 10.2 Å². The fourth-order valence-electron chi connectivity index (χ4n) is 2.56. The molecule has 24 heavy (non-hydrogen) atoms. The molecule has 0 radical (unpaired) electrons. The molecule has 1 unspecified atom stereocenters. The van der Waals surface area contributed by atoms with Gasteiger partial charge in [-0.2, -0.15) is 0 Å². The van der Waals surface area contributed by atoms with Crippen LogP contribution in [0.5, 0.6) is 5.75 Å². The lowest BCUT2D eigenvalue weighted by Crippen LogP contribution is -2.53. The van der Waals surface area contributed by atoms with Crippen molar-refractivity contribution >= 4 is 24.1 Å². The third-order valence-electron chi connectivity index (χ3n) is 3.87. The molecule has 1 saturated heterocycles. The van der Waals surface area contributed by atoms with Crippen LogP contribution in [0.25, 0.3) is 0 Å². The van der Waals surface area contributed by atoms with E-state index in [0.29, 0.717) is 29.9 Å². The van der Waals surface area contributed by atoms with Crippen LogP contribution in [0.4, 0.5) is 0 Å². The summed E-state index contributed by atoms with van der Waals surface area (Å²) >= 11 is 0. The smallest absolute Gasteiger partial charge is 0.261 e. The van der Waals surface area contributed by atoms with Gasteiger partial charge in [0, 0.05) is 17.5 Å². The number of imide groups is 2. The Balaban J connectivity index is 2.27. The second-order valence-corrected chi connectivity index (χ2v) is 5.56. The molecule has 1 aliphatic heterocycles. The highest BCUT2D eigenvalue weighted by molar-refractivity contribution is 6.07. The van der Waals surface area contributed by atoms with Gasteiger partial charge in [-0.25, -0.2) is 0 Å². The van der Waals surface area contributed by atoms with E-state index < -0.39 is 23.8 Å². The van der Waals surface area contributed by atoms with Crippen LogP contribution in [0.3, 0.4) is 0 Å². The van der Waals surface area contributed by atoms with Crippen LogP contribution in [0.2, 0.25) is 0 Å². The lowest BCUT2D eigenvalue weighted by atomic mass is 10.0. The molecule has 0 aliphatic carbocycles. The van der Waals surface area contributed by atoms with E-state index in [9.17, 15) is 19.2 Å². The lowest BCUT2D eigenvalue weighted by Gasteiger charge is -2.28. The van der Waals surface area contributed by atoms with Crippen molar-refractivity contribution in [3.8, 4) is 5.75 Å². The zero-order chi connectivity index (χ0) is 17.7. The second-order valence-electron chi connectivity index (χ2n) is 5.56. The van der Waals surface area contributed by atoms with E-state index in [2.05, 4.69) is 5.32 Å². The Morgan fingerprint density at radius 2 is 2.17 bits per heavy atom. The summed E-state index contributed by atoms with van der Waals surface area (Å²) in [5.41, 5.74) is 0.899. The van der Waals surface area contributed by atoms with Crippen molar-refractivity contribution in [2.24, 2.45) is 0 Å². The normalized spacial score (nSPS) is 17.2. The highest BCUT2D eigenvalue weighted by atomic mass is 16.5. The molecule has 1 aromatic carbocycles. The van der Waals surface area contributed by atoms with Crippen molar-refractivity contribution in [2.45, 2.75) is 39.2 Å². The topological polar surface area (TPSA) is 92.8 Å². The summed E-state index contributed by atoms with van der Waals surface area (Å²) in [5.74, 6) is -1.06. The summed E-state index contributed by atoms with van der Waals surface area (Å²) < 4.78 is 5.59. The average molecular weight is 332 g/mol. The van der Waals surface area contributed by atoms with E-state index in [1.807, 2.05) is 6.92 Å². The first-order valence-corrected chi connectivity index (χ1v) is 7.83. The van der Waals surface area contributed by atoms with Gasteiger partial charge < -0.3 is 4.74 Å². The number of hydrogen-bond acceptors (Lipinski definition) is 5. The molecule has 0 bridgehead atoms. The van der Waals surface area contributed by atoms with Crippen LogP contribution in [0, 0.1) is 6.92 Å². The van der Waals surface area contributed by atoms with E-state index in [1.54, 1.807) is 25.1 Å². The summed E-state index contributed by atoms with van der Waals surface area (Å²) in [4.78, 5) is 48.1. The minimum absolute atomic E-state index is 0.0899. The lowest BCUT2D eigenvalue weighted by molar-refractivity contribution is -0.139. The van der Waals surface area contributed by atoms with Crippen molar-refractivity contribution < 1.29 is 23.9 Å². The Kier molecular flexibility index (Phi) is 5.68. The molecule has 7 nitrogen and oxygen atoms in total. The summed E-state index contributed by atoms with van der Waals surface area (Å²) in [6, 6.07) is 4.02. The summed E-state index contributed by atoms with van der Waals surface area (Å²) in [6.07, 6.45) is 1.38. The Labute approximate surface area is 140 Å². The summed E-state index contributed by atoms with van der Waals surface area (Å²) in [7, 11) is 0. The van der Waals surface area contributed by atoms with Gasteiger partial charge in [-0.15, -0.1) is 0 Å². The number of rotatable bonds is 6. The molecule has 7 heteroatoms. The number of hydrogen-bond donors (Lipinski definition) is 1. The minimum atomic E-state index is -0.979. The Hall–Kier alpha value is -2.70. The van der Waals surface area contributed by atoms with Crippen LogP contribution in [-0.4, -0.2) is 41.7 Å². The zero-order valence-corrected chi connectivity index (χ0v) is 13.7. The molecule has 1 N–H and O–H groups in total. The van der Waals surface area contributed by atoms with Crippen molar-refractivity contribution in [3.05, 3.63) is 29.3 Å². The first-order valence-electron chi connectivity index (χ1n) is 7.83. The molecule has 4 amide bonds. The maximum atomic E-state index is 12.7. The second kappa shape index (κ2) is 7.72. The molecule has 1 aromatic rings. The van der Waals surface area contributed by atoms with E-state index >= 15 is 0 Å². The van der Waals surface area contributed by atoms with E-state index in [1.165, 1.54) is 0 Å². The Morgan fingerprint density at radius 3 is 2.79 bits per heavy atom. The van der Waals surface area contributed by atoms with Crippen molar-refractivity contribution in [3.63, 3.8) is 0 Å². The zero-order valence-electron chi connectivity index (χ0n) is 13.7. The average Bonchev–Trinajstić information content (AvgIpc) is 2.56. The van der Waals surface area contributed by atoms with Crippen LogP contribution in [-0.2, 0) is 14.4 Å². The van der Waals surface area contributed by atoms with E-state index in [-0.39, 0.29) is 12.8 Å². The van der Waals surface area contributed by atoms with Gasteiger partial charge in [-0.05, 0) is 31.9 Å².